The summed E-state index contributed by atoms with van der Waals surface area (Å²) in [4.78, 5) is 24.5. The van der Waals surface area contributed by atoms with Crippen LogP contribution in [0, 0.1) is 11.8 Å². The van der Waals surface area contributed by atoms with Crippen molar-refractivity contribution in [2.45, 2.75) is 20.3 Å². The van der Waals surface area contributed by atoms with Gasteiger partial charge in [-0.25, -0.2) is 4.79 Å². The Hall–Kier alpha value is -1.70. The molecule has 0 aromatic carbocycles. The topological polar surface area (TPSA) is 95.4 Å². The monoisotopic (exact) mass is 284 g/mol. The first-order valence-corrected chi connectivity index (χ1v) is 6.94. The van der Waals surface area contributed by atoms with Gasteiger partial charge < -0.3 is 10.0 Å². The molecule has 2 unspecified atom stereocenters. The summed E-state index contributed by atoms with van der Waals surface area (Å²) in [5, 5.41) is 20.8. The maximum Gasteiger partial charge on any atom is 0.323 e. The minimum atomic E-state index is -0.855. The summed E-state index contributed by atoms with van der Waals surface area (Å²) in [6.45, 7) is 4.49. The quantitative estimate of drug-likeness (QED) is 0.872. The van der Waals surface area contributed by atoms with E-state index >= 15 is 0 Å². The first kappa shape index (κ1) is 13.7. The number of amides is 2. The van der Waals surface area contributed by atoms with Crippen LogP contribution in [-0.2, 0) is 11.2 Å². The van der Waals surface area contributed by atoms with E-state index in [1.165, 1.54) is 16.2 Å². The van der Waals surface area contributed by atoms with Crippen molar-refractivity contribution in [3.8, 4) is 0 Å². The van der Waals surface area contributed by atoms with Crippen LogP contribution in [-0.4, -0.2) is 45.3 Å². The van der Waals surface area contributed by atoms with Crippen LogP contribution in [0.15, 0.2) is 0 Å². The summed E-state index contributed by atoms with van der Waals surface area (Å²) in [7, 11) is 0. The zero-order valence-corrected chi connectivity index (χ0v) is 11.6. The molecule has 0 aliphatic carbocycles. The predicted molar refractivity (Wildman–Crippen MR) is 70.2 cm³/mol. The number of aromatic nitrogens is 2. The van der Waals surface area contributed by atoms with Crippen LogP contribution in [0.5, 0.6) is 0 Å². The average molecular weight is 284 g/mol. The number of urea groups is 1. The van der Waals surface area contributed by atoms with Gasteiger partial charge in [-0.3, -0.25) is 10.1 Å². The molecule has 1 fully saturated rings. The normalized spacial score (nSPS) is 22.5. The van der Waals surface area contributed by atoms with E-state index in [0.717, 1.165) is 11.4 Å². The van der Waals surface area contributed by atoms with E-state index in [9.17, 15) is 9.59 Å². The fraction of sp³-hybridized carbons (Fsp3) is 0.636. The van der Waals surface area contributed by atoms with Gasteiger partial charge in [-0.1, -0.05) is 25.2 Å². The summed E-state index contributed by atoms with van der Waals surface area (Å²) in [6.07, 6.45) is 0.773. The lowest BCUT2D eigenvalue weighted by Crippen LogP contribution is -2.33. The Bertz CT molecular complexity index is 490. The molecule has 104 valence electrons. The van der Waals surface area contributed by atoms with E-state index in [-0.39, 0.29) is 18.5 Å². The van der Waals surface area contributed by atoms with Crippen LogP contribution in [0.4, 0.5) is 9.93 Å². The number of aryl methyl sites for hydroxylation is 1. The third kappa shape index (κ3) is 3.01. The molecule has 0 saturated carbocycles. The predicted octanol–water partition coefficient (Wildman–Crippen LogP) is 1.28. The van der Waals surface area contributed by atoms with Crippen molar-refractivity contribution in [2.75, 3.05) is 18.4 Å². The smallest absolute Gasteiger partial charge is 0.323 e. The van der Waals surface area contributed by atoms with Gasteiger partial charge in [-0.05, 0) is 12.3 Å². The maximum atomic E-state index is 12.0. The third-order valence-electron chi connectivity index (χ3n) is 3.20. The second-order valence-electron chi connectivity index (χ2n) is 4.61. The van der Waals surface area contributed by atoms with Gasteiger partial charge >= 0.3 is 12.0 Å². The first-order valence-electron chi connectivity index (χ1n) is 6.12. The highest BCUT2D eigenvalue weighted by atomic mass is 32.1. The van der Waals surface area contributed by atoms with Gasteiger partial charge in [0.2, 0.25) is 5.13 Å². The highest BCUT2D eigenvalue weighted by molar-refractivity contribution is 7.15. The fourth-order valence-corrected chi connectivity index (χ4v) is 2.74. The molecule has 0 radical (unpaired) electrons. The molecule has 1 aliphatic rings. The highest BCUT2D eigenvalue weighted by Gasteiger charge is 2.37. The zero-order chi connectivity index (χ0) is 14.0. The zero-order valence-electron chi connectivity index (χ0n) is 10.8. The molecule has 0 bridgehead atoms. The lowest BCUT2D eigenvalue weighted by Gasteiger charge is -2.15. The third-order valence-corrected chi connectivity index (χ3v) is 4.18. The van der Waals surface area contributed by atoms with Crippen LogP contribution in [0.3, 0.4) is 0 Å². The van der Waals surface area contributed by atoms with E-state index in [2.05, 4.69) is 15.5 Å². The number of anilines is 1. The number of likely N-dealkylation sites (tertiary alicyclic amines) is 1. The average Bonchev–Trinajstić information content (AvgIpc) is 2.95. The van der Waals surface area contributed by atoms with Crippen molar-refractivity contribution in [1.82, 2.24) is 15.1 Å². The van der Waals surface area contributed by atoms with Crippen molar-refractivity contribution < 1.29 is 14.7 Å². The highest BCUT2D eigenvalue weighted by Crippen LogP contribution is 2.24. The van der Waals surface area contributed by atoms with Gasteiger partial charge in [-0.2, -0.15) is 0 Å². The number of carboxylic acids is 1. The van der Waals surface area contributed by atoms with Crippen molar-refractivity contribution >= 4 is 28.5 Å². The number of carbonyl (C=O) groups excluding carboxylic acids is 1. The van der Waals surface area contributed by atoms with E-state index < -0.39 is 11.9 Å². The van der Waals surface area contributed by atoms with Crippen LogP contribution in [0.25, 0.3) is 0 Å². The van der Waals surface area contributed by atoms with Gasteiger partial charge in [0.1, 0.15) is 5.01 Å². The minimum Gasteiger partial charge on any atom is -0.481 e. The van der Waals surface area contributed by atoms with Gasteiger partial charge in [-0.15, -0.1) is 10.2 Å². The van der Waals surface area contributed by atoms with E-state index in [1.807, 2.05) is 13.8 Å². The molecule has 2 rings (SSSR count). The Balaban J connectivity index is 1.96. The van der Waals surface area contributed by atoms with Gasteiger partial charge in [0.05, 0.1) is 5.92 Å². The Morgan fingerprint density at radius 1 is 1.47 bits per heavy atom. The molecule has 8 heteroatoms. The summed E-state index contributed by atoms with van der Waals surface area (Å²) >= 11 is 1.33. The number of aliphatic carboxylic acids is 1. The molecule has 2 atom stereocenters. The summed E-state index contributed by atoms with van der Waals surface area (Å²) in [6, 6.07) is -0.311. The molecule has 2 amide bonds. The van der Waals surface area contributed by atoms with Crippen molar-refractivity contribution in [2.24, 2.45) is 11.8 Å². The van der Waals surface area contributed by atoms with Gasteiger partial charge in [0.15, 0.2) is 0 Å². The first-order chi connectivity index (χ1) is 9.01. The lowest BCUT2D eigenvalue weighted by atomic mass is 9.99. The number of nitrogens with one attached hydrogen (secondary N) is 1. The van der Waals surface area contributed by atoms with Crippen molar-refractivity contribution in [3.63, 3.8) is 0 Å². The molecular weight excluding hydrogens is 268 g/mol. The molecule has 1 aromatic heterocycles. The Kier molecular flexibility index (Phi) is 3.98. The second kappa shape index (κ2) is 5.52. The van der Waals surface area contributed by atoms with Crippen LogP contribution in [0.2, 0.25) is 0 Å². The summed E-state index contributed by atoms with van der Waals surface area (Å²) in [5.41, 5.74) is 0. The van der Waals surface area contributed by atoms with E-state index in [4.69, 9.17) is 5.11 Å². The van der Waals surface area contributed by atoms with Crippen molar-refractivity contribution in [3.05, 3.63) is 5.01 Å². The SMILES string of the molecule is CCc1nnc(NC(=O)N2CC(C)C(C(=O)O)C2)s1. The van der Waals surface area contributed by atoms with Gasteiger partial charge in [0.25, 0.3) is 0 Å². The molecular formula is C11H16N4O3S. The minimum absolute atomic E-state index is 0.0381. The van der Waals surface area contributed by atoms with Crippen LogP contribution >= 0.6 is 11.3 Å². The molecule has 0 spiro atoms. The number of carboxylic acid groups (broad SMARTS) is 1. The van der Waals surface area contributed by atoms with E-state index in [1.54, 1.807) is 0 Å². The summed E-state index contributed by atoms with van der Waals surface area (Å²) in [5.74, 6) is -1.39. The van der Waals surface area contributed by atoms with E-state index in [0.29, 0.717) is 11.7 Å². The maximum absolute atomic E-state index is 12.0. The number of rotatable bonds is 3. The molecule has 1 aromatic rings. The second-order valence-corrected chi connectivity index (χ2v) is 5.67. The van der Waals surface area contributed by atoms with Crippen LogP contribution in [0.1, 0.15) is 18.9 Å². The Labute approximate surface area is 114 Å². The molecule has 2 N–H and O–H groups in total. The Morgan fingerprint density at radius 2 is 2.21 bits per heavy atom. The molecule has 1 aliphatic heterocycles. The van der Waals surface area contributed by atoms with Gasteiger partial charge in [0, 0.05) is 13.1 Å². The largest absolute Gasteiger partial charge is 0.481 e. The summed E-state index contributed by atoms with van der Waals surface area (Å²) < 4.78 is 0. The molecule has 7 nitrogen and oxygen atoms in total. The number of carbonyl (C=O) groups is 2. The molecule has 1 saturated heterocycles. The standard InChI is InChI=1S/C11H16N4O3S/c1-3-8-13-14-10(19-8)12-11(18)15-4-6(2)7(5-15)9(16)17/h6-7H,3-5H2,1-2H3,(H,16,17)(H,12,14,18). The Morgan fingerprint density at radius 3 is 2.74 bits per heavy atom. The number of nitrogens with zero attached hydrogens (tertiary/aromatic N) is 3. The van der Waals surface area contributed by atoms with Crippen LogP contribution < -0.4 is 5.32 Å². The number of hydrogen-bond donors (Lipinski definition) is 2. The fourth-order valence-electron chi connectivity index (χ4n) is 2.07. The molecule has 19 heavy (non-hydrogen) atoms. The lowest BCUT2D eigenvalue weighted by molar-refractivity contribution is -0.142. The van der Waals surface area contributed by atoms with Crippen molar-refractivity contribution in [1.29, 1.82) is 0 Å². The number of hydrogen-bond acceptors (Lipinski definition) is 5. The molecule has 2 heterocycles.